The fourth-order valence-corrected chi connectivity index (χ4v) is 2.20. The minimum Gasteiger partial charge on any atom is -0.378 e. The second kappa shape index (κ2) is 15.2. The van der Waals surface area contributed by atoms with Crippen LogP contribution in [0.2, 0.25) is 0 Å². The first-order chi connectivity index (χ1) is 13.5. The van der Waals surface area contributed by atoms with Crippen LogP contribution in [0.1, 0.15) is 40.5 Å². The predicted octanol–water partition coefficient (Wildman–Crippen LogP) is 2.19. The number of hydrogen-bond acceptors (Lipinski definition) is 9. The summed E-state index contributed by atoms with van der Waals surface area (Å²) in [6, 6.07) is 0. The molecule has 162 valence electrons. The Bertz CT molecular complexity index is 483. The quantitative estimate of drug-likeness (QED) is 0.293. The van der Waals surface area contributed by atoms with Gasteiger partial charge in [-0.2, -0.15) is 15.0 Å². The smallest absolute Gasteiger partial charge is 0.229 e. The maximum absolute atomic E-state index is 5.51. The van der Waals surface area contributed by atoms with Crippen LogP contribution in [-0.4, -0.2) is 67.6 Å². The van der Waals surface area contributed by atoms with Crippen LogP contribution < -0.4 is 21.7 Å². The summed E-state index contributed by atoms with van der Waals surface area (Å²) >= 11 is 0. The van der Waals surface area contributed by atoms with Crippen molar-refractivity contribution in [3.8, 4) is 0 Å². The summed E-state index contributed by atoms with van der Waals surface area (Å²) < 4.78 is 10.8. The van der Waals surface area contributed by atoms with Crippen LogP contribution in [0.4, 0.5) is 17.8 Å². The number of nitrogens with one attached hydrogen (secondary N) is 3. The van der Waals surface area contributed by atoms with Gasteiger partial charge in [-0.1, -0.05) is 27.7 Å². The molecular formula is C19H39N7O2. The molecule has 5 N–H and O–H groups in total. The van der Waals surface area contributed by atoms with Gasteiger partial charge in [0, 0.05) is 26.2 Å². The van der Waals surface area contributed by atoms with E-state index < -0.39 is 0 Å². The molecule has 1 aromatic heterocycles. The van der Waals surface area contributed by atoms with Crippen LogP contribution in [0.25, 0.3) is 0 Å². The lowest BCUT2D eigenvalue weighted by molar-refractivity contribution is 0.0547. The van der Waals surface area contributed by atoms with E-state index in [0.717, 1.165) is 25.9 Å². The minimum atomic E-state index is 0.530. The number of anilines is 3. The van der Waals surface area contributed by atoms with Crippen LogP contribution in [0.5, 0.6) is 0 Å². The molecule has 0 aromatic carbocycles. The molecule has 1 aromatic rings. The summed E-state index contributed by atoms with van der Waals surface area (Å²) in [4.78, 5) is 13.4. The Morgan fingerprint density at radius 1 is 0.679 bits per heavy atom. The van der Waals surface area contributed by atoms with Crippen LogP contribution in [0, 0.1) is 11.8 Å². The minimum absolute atomic E-state index is 0.530. The zero-order valence-electron chi connectivity index (χ0n) is 18.0. The molecule has 0 amide bonds. The first-order valence-corrected chi connectivity index (χ1v) is 10.3. The van der Waals surface area contributed by atoms with E-state index in [-0.39, 0.29) is 0 Å². The highest BCUT2D eigenvalue weighted by Crippen LogP contribution is 2.11. The Hall–Kier alpha value is -1.71. The Morgan fingerprint density at radius 3 is 1.54 bits per heavy atom. The van der Waals surface area contributed by atoms with E-state index in [2.05, 4.69) is 58.6 Å². The molecule has 0 aliphatic rings. The molecule has 0 bridgehead atoms. The fraction of sp³-hybridized carbons (Fsp3) is 0.842. The van der Waals surface area contributed by atoms with Crippen molar-refractivity contribution in [2.45, 2.75) is 40.5 Å². The van der Waals surface area contributed by atoms with Crippen molar-refractivity contribution in [2.75, 3.05) is 68.6 Å². The van der Waals surface area contributed by atoms with Crippen molar-refractivity contribution < 1.29 is 9.47 Å². The number of rotatable bonds is 17. The third-order valence-electron chi connectivity index (χ3n) is 3.81. The average molecular weight is 398 g/mol. The molecule has 0 aliphatic carbocycles. The molecule has 0 atom stereocenters. The molecule has 0 saturated carbocycles. The number of nitrogens with zero attached hydrogens (tertiary/aromatic N) is 3. The molecule has 0 radical (unpaired) electrons. The van der Waals surface area contributed by atoms with Gasteiger partial charge in [-0.3, -0.25) is 0 Å². The Kier molecular flexibility index (Phi) is 13.2. The predicted molar refractivity (Wildman–Crippen MR) is 115 cm³/mol. The van der Waals surface area contributed by atoms with Crippen molar-refractivity contribution >= 4 is 17.8 Å². The number of nitrogens with two attached hydrogens (primary N) is 1. The van der Waals surface area contributed by atoms with Crippen molar-refractivity contribution in [3.63, 3.8) is 0 Å². The molecule has 0 unspecified atom stereocenters. The topological polar surface area (TPSA) is 119 Å². The van der Waals surface area contributed by atoms with E-state index in [4.69, 9.17) is 15.2 Å². The summed E-state index contributed by atoms with van der Waals surface area (Å²) in [5, 5.41) is 9.77. The van der Waals surface area contributed by atoms with Gasteiger partial charge in [-0.15, -0.1) is 0 Å². The lowest BCUT2D eigenvalue weighted by atomic mass is 10.1. The van der Waals surface area contributed by atoms with Gasteiger partial charge >= 0.3 is 0 Å². The largest absolute Gasteiger partial charge is 0.378 e. The second-order valence-corrected chi connectivity index (χ2v) is 7.47. The molecule has 0 spiro atoms. The molecule has 9 heteroatoms. The van der Waals surface area contributed by atoms with Crippen LogP contribution >= 0.6 is 0 Å². The van der Waals surface area contributed by atoms with Gasteiger partial charge in [0.1, 0.15) is 0 Å². The Morgan fingerprint density at radius 2 is 1.11 bits per heavy atom. The molecular weight excluding hydrogens is 358 g/mol. The maximum Gasteiger partial charge on any atom is 0.229 e. The summed E-state index contributed by atoms with van der Waals surface area (Å²) in [5.74, 6) is 2.96. The van der Waals surface area contributed by atoms with Crippen LogP contribution in [0.3, 0.4) is 0 Å². The highest BCUT2D eigenvalue weighted by atomic mass is 16.5. The van der Waals surface area contributed by atoms with Crippen molar-refractivity contribution in [3.05, 3.63) is 0 Å². The first kappa shape index (κ1) is 24.3. The number of ether oxygens (including phenoxy) is 2. The summed E-state index contributed by atoms with van der Waals surface area (Å²) in [7, 11) is 0. The molecule has 0 saturated heterocycles. The SMILES string of the molecule is CC(C)CCNc1nc(NCCOCCOCCN)nc(NCCC(C)C)n1. The van der Waals surface area contributed by atoms with Gasteiger partial charge in [-0.25, -0.2) is 0 Å². The van der Waals surface area contributed by atoms with Crippen LogP contribution in [0.15, 0.2) is 0 Å². The molecule has 1 heterocycles. The second-order valence-electron chi connectivity index (χ2n) is 7.47. The third-order valence-corrected chi connectivity index (χ3v) is 3.81. The summed E-state index contributed by atoms with van der Waals surface area (Å²) in [6.07, 6.45) is 2.12. The Labute approximate surface area is 169 Å². The lowest BCUT2D eigenvalue weighted by Crippen LogP contribution is -2.18. The molecule has 0 fully saturated rings. The monoisotopic (exact) mass is 397 g/mol. The fourth-order valence-electron chi connectivity index (χ4n) is 2.20. The lowest BCUT2D eigenvalue weighted by Gasteiger charge is -2.12. The van der Waals surface area contributed by atoms with E-state index in [9.17, 15) is 0 Å². The summed E-state index contributed by atoms with van der Waals surface area (Å²) in [6.45, 7) is 13.8. The zero-order valence-corrected chi connectivity index (χ0v) is 18.0. The highest BCUT2D eigenvalue weighted by Gasteiger charge is 2.07. The van der Waals surface area contributed by atoms with Gasteiger partial charge in [-0.05, 0) is 24.7 Å². The first-order valence-electron chi connectivity index (χ1n) is 10.3. The van der Waals surface area contributed by atoms with E-state index in [1.54, 1.807) is 0 Å². The van der Waals surface area contributed by atoms with Crippen molar-refractivity contribution in [1.82, 2.24) is 15.0 Å². The van der Waals surface area contributed by atoms with E-state index >= 15 is 0 Å². The number of hydrogen-bond donors (Lipinski definition) is 4. The van der Waals surface area contributed by atoms with Gasteiger partial charge in [0.15, 0.2) is 0 Å². The number of aromatic nitrogens is 3. The molecule has 0 aliphatic heterocycles. The van der Waals surface area contributed by atoms with E-state index in [1.165, 1.54) is 0 Å². The maximum atomic E-state index is 5.51. The average Bonchev–Trinajstić information content (AvgIpc) is 2.63. The highest BCUT2D eigenvalue weighted by molar-refractivity contribution is 5.42. The van der Waals surface area contributed by atoms with Gasteiger partial charge < -0.3 is 31.2 Å². The third kappa shape index (κ3) is 12.6. The van der Waals surface area contributed by atoms with E-state index in [1.807, 2.05) is 0 Å². The molecule has 28 heavy (non-hydrogen) atoms. The molecule has 1 rings (SSSR count). The Balaban J connectivity index is 2.48. The normalized spacial score (nSPS) is 11.2. The summed E-state index contributed by atoms with van der Waals surface area (Å²) in [5.41, 5.74) is 5.36. The standard InChI is InChI=1S/C19H39N7O2/c1-15(2)5-8-21-17-24-18(22-9-6-16(3)4)26-19(25-17)23-10-12-28-14-13-27-11-7-20/h15-16H,5-14,20H2,1-4H3,(H3,21,22,23,24,25,26). The zero-order chi connectivity index (χ0) is 20.6. The van der Waals surface area contributed by atoms with Crippen LogP contribution in [-0.2, 0) is 9.47 Å². The van der Waals surface area contributed by atoms with E-state index in [0.29, 0.717) is 69.2 Å². The van der Waals surface area contributed by atoms with Gasteiger partial charge in [0.25, 0.3) is 0 Å². The van der Waals surface area contributed by atoms with Gasteiger partial charge in [0.2, 0.25) is 17.8 Å². The van der Waals surface area contributed by atoms with Crippen molar-refractivity contribution in [1.29, 1.82) is 0 Å². The molecule has 9 nitrogen and oxygen atoms in total. The van der Waals surface area contributed by atoms with Gasteiger partial charge in [0.05, 0.1) is 26.4 Å². The van der Waals surface area contributed by atoms with Crippen molar-refractivity contribution in [2.24, 2.45) is 17.6 Å².